The van der Waals surface area contributed by atoms with Crippen LogP contribution in [-0.4, -0.2) is 5.78 Å². The summed E-state index contributed by atoms with van der Waals surface area (Å²) >= 11 is 0. The van der Waals surface area contributed by atoms with Crippen molar-refractivity contribution >= 4 is 11.4 Å². The molecule has 0 saturated carbocycles. The van der Waals surface area contributed by atoms with Gasteiger partial charge in [0.25, 0.3) is 0 Å². The first kappa shape index (κ1) is 13.8. The van der Waals surface area contributed by atoms with E-state index in [0.29, 0.717) is 5.92 Å². The topological polar surface area (TPSA) is 17.1 Å². The summed E-state index contributed by atoms with van der Waals surface area (Å²) in [4.78, 5) is 12.5. The van der Waals surface area contributed by atoms with Gasteiger partial charge in [0, 0.05) is 5.92 Å². The Morgan fingerprint density at radius 3 is 2.19 bits per heavy atom. The quantitative estimate of drug-likeness (QED) is 0.783. The van der Waals surface area contributed by atoms with E-state index in [-0.39, 0.29) is 11.7 Å². The monoisotopic (exact) mass is 276 g/mol. The average molecular weight is 276 g/mol. The van der Waals surface area contributed by atoms with Crippen molar-refractivity contribution in [3.05, 3.63) is 77.9 Å². The summed E-state index contributed by atoms with van der Waals surface area (Å²) in [6.45, 7) is 2.11. The molecule has 2 unspecified atom stereocenters. The molecule has 3 rings (SSSR count). The highest BCUT2D eigenvalue weighted by Crippen LogP contribution is 2.40. The summed E-state index contributed by atoms with van der Waals surface area (Å²) in [5.41, 5.74) is 3.61. The van der Waals surface area contributed by atoms with Crippen LogP contribution in [0.3, 0.4) is 0 Å². The van der Waals surface area contributed by atoms with Gasteiger partial charge in [0.1, 0.15) is 0 Å². The first-order chi connectivity index (χ1) is 10.3. The Labute approximate surface area is 126 Å². The first-order valence-corrected chi connectivity index (χ1v) is 7.64. The minimum absolute atomic E-state index is 0.111. The number of carbonyl (C=O) groups excluding carboxylic acids is 1. The van der Waals surface area contributed by atoms with E-state index in [1.54, 1.807) is 0 Å². The van der Waals surface area contributed by atoms with Crippen LogP contribution in [0.25, 0.3) is 5.57 Å². The van der Waals surface area contributed by atoms with Crippen LogP contribution in [0.5, 0.6) is 0 Å². The maximum atomic E-state index is 12.5. The average Bonchev–Trinajstić information content (AvgIpc) is 2.55. The third-order valence-electron chi connectivity index (χ3n) is 4.42. The summed E-state index contributed by atoms with van der Waals surface area (Å²) in [7, 11) is 0. The van der Waals surface area contributed by atoms with Crippen molar-refractivity contribution in [2.45, 2.75) is 25.7 Å². The second-order valence-corrected chi connectivity index (χ2v) is 5.67. The highest BCUT2D eigenvalue weighted by molar-refractivity contribution is 6.00. The lowest BCUT2D eigenvalue weighted by atomic mass is 9.73. The van der Waals surface area contributed by atoms with Gasteiger partial charge in [-0.2, -0.15) is 0 Å². The SMILES string of the molecule is CCC1C(=O)C=C(c2ccccc2)CC1c1ccccc1. The van der Waals surface area contributed by atoms with Crippen LogP contribution >= 0.6 is 0 Å². The van der Waals surface area contributed by atoms with E-state index in [0.717, 1.165) is 12.8 Å². The van der Waals surface area contributed by atoms with Crippen molar-refractivity contribution < 1.29 is 4.79 Å². The zero-order valence-corrected chi connectivity index (χ0v) is 12.3. The van der Waals surface area contributed by atoms with Crippen molar-refractivity contribution in [1.29, 1.82) is 0 Å². The van der Waals surface area contributed by atoms with Gasteiger partial charge in [-0.3, -0.25) is 4.79 Å². The maximum Gasteiger partial charge on any atom is 0.159 e. The summed E-state index contributed by atoms with van der Waals surface area (Å²) in [6.07, 6.45) is 3.71. The van der Waals surface area contributed by atoms with Crippen molar-refractivity contribution in [2.75, 3.05) is 0 Å². The van der Waals surface area contributed by atoms with Gasteiger partial charge in [0.15, 0.2) is 5.78 Å². The van der Waals surface area contributed by atoms with Gasteiger partial charge in [-0.05, 0) is 41.5 Å². The number of benzene rings is 2. The van der Waals surface area contributed by atoms with Crippen LogP contribution < -0.4 is 0 Å². The molecule has 1 aliphatic rings. The van der Waals surface area contributed by atoms with Gasteiger partial charge in [-0.15, -0.1) is 0 Å². The maximum absolute atomic E-state index is 12.5. The molecule has 2 aromatic rings. The third-order valence-corrected chi connectivity index (χ3v) is 4.42. The molecule has 1 heteroatoms. The van der Waals surface area contributed by atoms with Crippen LogP contribution in [-0.2, 0) is 4.79 Å². The fraction of sp³-hybridized carbons (Fsp3) is 0.250. The highest BCUT2D eigenvalue weighted by Gasteiger charge is 2.31. The summed E-state index contributed by atoms with van der Waals surface area (Å²) < 4.78 is 0. The Kier molecular flexibility index (Phi) is 4.01. The molecule has 0 radical (unpaired) electrons. The van der Waals surface area contributed by atoms with Gasteiger partial charge >= 0.3 is 0 Å². The van der Waals surface area contributed by atoms with E-state index >= 15 is 0 Å². The Balaban J connectivity index is 1.98. The second-order valence-electron chi connectivity index (χ2n) is 5.67. The van der Waals surface area contributed by atoms with Crippen LogP contribution in [0.4, 0.5) is 0 Å². The predicted octanol–water partition coefficient (Wildman–Crippen LogP) is 4.85. The molecule has 1 nitrogen and oxygen atoms in total. The highest BCUT2D eigenvalue weighted by atomic mass is 16.1. The number of allylic oxidation sites excluding steroid dienone is 2. The summed E-state index contributed by atoms with van der Waals surface area (Å²) in [5, 5.41) is 0. The van der Waals surface area contributed by atoms with Gasteiger partial charge < -0.3 is 0 Å². The molecule has 0 N–H and O–H groups in total. The van der Waals surface area contributed by atoms with Gasteiger partial charge in [-0.1, -0.05) is 67.6 Å². The standard InChI is InChI=1S/C20H20O/c1-2-18-19(16-11-7-4-8-12-16)13-17(14-20(18)21)15-9-5-3-6-10-15/h3-12,14,18-19H,2,13H2,1H3. The number of carbonyl (C=O) groups is 1. The largest absolute Gasteiger partial charge is 0.295 e. The minimum Gasteiger partial charge on any atom is -0.295 e. The first-order valence-electron chi connectivity index (χ1n) is 7.64. The van der Waals surface area contributed by atoms with E-state index in [9.17, 15) is 4.79 Å². The molecule has 0 spiro atoms. The Morgan fingerprint density at radius 1 is 0.952 bits per heavy atom. The second kappa shape index (κ2) is 6.09. The molecule has 0 amide bonds. The molecule has 0 fully saturated rings. The van der Waals surface area contributed by atoms with Crippen LogP contribution in [0.1, 0.15) is 36.8 Å². The Bertz CT molecular complexity index is 640. The molecule has 1 aliphatic carbocycles. The Hall–Kier alpha value is -2.15. The van der Waals surface area contributed by atoms with E-state index in [1.807, 2.05) is 30.3 Å². The smallest absolute Gasteiger partial charge is 0.159 e. The van der Waals surface area contributed by atoms with E-state index in [1.165, 1.54) is 16.7 Å². The van der Waals surface area contributed by atoms with E-state index in [4.69, 9.17) is 0 Å². The molecule has 0 saturated heterocycles. The lowest BCUT2D eigenvalue weighted by molar-refractivity contribution is -0.119. The zero-order chi connectivity index (χ0) is 14.7. The van der Waals surface area contributed by atoms with E-state index in [2.05, 4.69) is 43.3 Å². The predicted molar refractivity (Wildman–Crippen MR) is 87.0 cm³/mol. The fourth-order valence-corrected chi connectivity index (χ4v) is 3.30. The number of ketones is 1. The summed E-state index contributed by atoms with van der Waals surface area (Å²) in [5.74, 6) is 0.681. The van der Waals surface area contributed by atoms with Crippen molar-refractivity contribution in [3.63, 3.8) is 0 Å². The molecule has 0 bridgehead atoms. The van der Waals surface area contributed by atoms with Crippen LogP contribution in [0.2, 0.25) is 0 Å². The van der Waals surface area contributed by atoms with E-state index < -0.39 is 0 Å². The number of hydrogen-bond donors (Lipinski definition) is 0. The molecule has 106 valence electrons. The molecular formula is C20H20O. The zero-order valence-electron chi connectivity index (χ0n) is 12.3. The lowest BCUT2D eigenvalue weighted by Gasteiger charge is -2.30. The molecule has 2 aromatic carbocycles. The number of hydrogen-bond acceptors (Lipinski definition) is 1. The van der Waals surface area contributed by atoms with Crippen LogP contribution in [0, 0.1) is 5.92 Å². The third kappa shape index (κ3) is 2.82. The molecule has 21 heavy (non-hydrogen) atoms. The number of rotatable bonds is 3. The van der Waals surface area contributed by atoms with Crippen molar-refractivity contribution in [1.82, 2.24) is 0 Å². The van der Waals surface area contributed by atoms with Crippen LogP contribution in [0.15, 0.2) is 66.7 Å². The molecule has 0 aromatic heterocycles. The minimum atomic E-state index is 0.111. The molecule has 0 heterocycles. The van der Waals surface area contributed by atoms with Gasteiger partial charge in [0.2, 0.25) is 0 Å². The van der Waals surface area contributed by atoms with Crippen molar-refractivity contribution in [2.24, 2.45) is 5.92 Å². The molecule has 2 atom stereocenters. The molecular weight excluding hydrogens is 256 g/mol. The fourth-order valence-electron chi connectivity index (χ4n) is 3.30. The normalized spacial score (nSPS) is 22.0. The lowest BCUT2D eigenvalue weighted by Crippen LogP contribution is -2.25. The van der Waals surface area contributed by atoms with Crippen molar-refractivity contribution in [3.8, 4) is 0 Å². The molecule has 0 aliphatic heterocycles. The Morgan fingerprint density at radius 2 is 1.57 bits per heavy atom. The van der Waals surface area contributed by atoms with Gasteiger partial charge in [-0.25, -0.2) is 0 Å². The van der Waals surface area contributed by atoms with Gasteiger partial charge in [0.05, 0.1) is 0 Å². The summed E-state index contributed by atoms with van der Waals surface area (Å²) in [6, 6.07) is 20.7.